The van der Waals surface area contributed by atoms with Crippen molar-refractivity contribution in [3.05, 3.63) is 35.6 Å². The van der Waals surface area contributed by atoms with Crippen LogP contribution in [0.1, 0.15) is 12.5 Å². The number of methoxy groups -OCH3 is 2. The van der Waals surface area contributed by atoms with E-state index >= 15 is 0 Å². The molecule has 10 heteroatoms. The zero-order valence-electron chi connectivity index (χ0n) is 18.6. The van der Waals surface area contributed by atoms with Gasteiger partial charge < -0.3 is 19.5 Å². The number of allylic oxidation sites excluding steroid dienone is 1. The van der Waals surface area contributed by atoms with Gasteiger partial charge in [0.1, 0.15) is 12.0 Å². The number of nitrogens with one attached hydrogen (secondary N) is 1. The van der Waals surface area contributed by atoms with Crippen molar-refractivity contribution in [2.24, 2.45) is 10.9 Å². The lowest BCUT2D eigenvalue weighted by Crippen LogP contribution is -2.57. The summed E-state index contributed by atoms with van der Waals surface area (Å²) in [6, 6.07) is 4.90. The van der Waals surface area contributed by atoms with Crippen molar-refractivity contribution in [3.63, 3.8) is 0 Å². The Hall–Kier alpha value is -3.69. The second-order valence-corrected chi connectivity index (χ2v) is 7.13. The minimum atomic E-state index is -0.845. The minimum Gasteiger partial charge on any atom is -0.497 e. The van der Waals surface area contributed by atoms with E-state index in [4.69, 9.17) is 14.2 Å². The Bertz CT molecular complexity index is 1010. The smallest absolute Gasteiger partial charge is 0.446 e. The van der Waals surface area contributed by atoms with E-state index < -0.39 is 23.8 Å². The molecule has 0 aliphatic carbocycles. The fraction of sp³-hybridized carbons (Fsp3) is 0.409. The van der Waals surface area contributed by atoms with Crippen LogP contribution in [0.2, 0.25) is 0 Å². The summed E-state index contributed by atoms with van der Waals surface area (Å²) in [5.74, 6) is 0.0957. The second-order valence-electron chi connectivity index (χ2n) is 7.13. The highest BCUT2D eigenvalue weighted by atomic mass is 16.5. The van der Waals surface area contributed by atoms with Crippen LogP contribution in [0.3, 0.4) is 0 Å². The second kappa shape index (κ2) is 10.1. The van der Waals surface area contributed by atoms with Crippen LogP contribution in [0, 0.1) is 5.92 Å². The quantitative estimate of drug-likeness (QED) is 0.570. The number of carbonyl (C=O) groups excluding carboxylic acids is 3. The number of imide groups is 1. The molecule has 0 bridgehead atoms. The predicted molar refractivity (Wildman–Crippen MR) is 116 cm³/mol. The molecule has 10 nitrogen and oxygen atoms in total. The summed E-state index contributed by atoms with van der Waals surface area (Å²) in [4.78, 5) is 43.3. The normalized spacial score (nSPS) is 17.7. The first-order valence-electron chi connectivity index (χ1n) is 10.2. The van der Waals surface area contributed by atoms with Crippen LogP contribution in [0.5, 0.6) is 11.5 Å². The molecule has 1 N–H and O–H groups in total. The van der Waals surface area contributed by atoms with Gasteiger partial charge in [-0.2, -0.15) is 9.48 Å². The summed E-state index contributed by atoms with van der Waals surface area (Å²) in [7, 11) is 4.64. The number of amidine groups is 1. The number of aliphatic imine (C=N–C) groups is 1. The Morgan fingerprint density at radius 1 is 1.22 bits per heavy atom. The molecule has 2 aliphatic rings. The Labute approximate surface area is 186 Å². The van der Waals surface area contributed by atoms with Gasteiger partial charge in [-0.05, 0) is 31.0 Å². The number of urea groups is 1. The number of dihydropyridines is 1. The van der Waals surface area contributed by atoms with E-state index in [0.717, 1.165) is 10.5 Å². The molecule has 32 heavy (non-hydrogen) atoms. The zero-order chi connectivity index (χ0) is 23.3. The molecule has 1 aromatic rings. The van der Waals surface area contributed by atoms with Gasteiger partial charge in [0.25, 0.3) is 11.7 Å². The van der Waals surface area contributed by atoms with Gasteiger partial charge in [0.15, 0.2) is 24.0 Å². The number of benzene rings is 1. The van der Waals surface area contributed by atoms with Gasteiger partial charge in [-0.3, -0.25) is 9.59 Å². The van der Waals surface area contributed by atoms with Gasteiger partial charge in [-0.25, -0.2) is 4.79 Å². The van der Waals surface area contributed by atoms with Gasteiger partial charge in [-0.1, -0.05) is 6.07 Å². The molecule has 1 aromatic carbocycles. The maximum Gasteiger partial charge on any atom is 0.446 e. The van der Waals surface area contributed by atoms with E-state index in [0.29, 0.717) is 36.8 Å². The summed E-state index contributed by atoms with van der Waals surface area (Å²) in [6.07, 6.45) is 3.63. The summed E-state index contributed by atoms with van der Waals surface area (Å²) >= 11 is 0. The highest BCUT2D eigenvalue weighted by molar-refractivity contribution is 6.16. The summed E-state index contributed by atoms with van der Waals surface area (Å²) in [6.45, 7) is 2.11. The maximum absolute atomic E-state index is 13.0. The van der Waals surface area contributed by atoms with Gasteiger partial charge in [0.05, 0.1) is 27.9 Å². The van der Waals surface area contributed by atoms with Gasteiger partial charge >= 0.3 is 11.9 Å². The Morgan fingerprint density at radius 3 is 2.66 bits per heavy atom. The summed E-state index contributed by atoms with van der Waals surface area (Å²) in [5, 5.41) is 2.75. The first-order valence-corrected chi connectivity index (χ1v) is 10.2. The minimum absolute atomic E-state index is 0.288. The van der Waals surface area contributed by atoms with Crippen LogP contribution in [-0.2, 0) is 20.7 Å². The fourth-order valence-electron chi connectivity index (χ4n) is 3.55. The molecule has 0 radical (unpaired) electrons. The van der Waals surface area contributed by atoms with Crippen molar-refractivity contribution in [2.75, 3.05) is 41.0 Å². The number of amides is 4. The van der Waals surface area contributed by atoms with Crippen LogP contribution in [0.25, 0.3) is 0 Å². The largest absolute Gasteiger partial charge is 0.497 e. The molecule has 0 saturated carbocycles. The van der Waals surface area contributed by atoms with E-state index in [1.54, 1.807) is 33.3 Å². The molecular weight excluding hydrogens is 416 g/mol. The third-order valence-corrected chi connectivity index (χ3v) is 5.16. The number of hydrogen-bond donors (Lipinski definition) is 1. The molecule has 2 heterocycles. The van der Waals surface area contributed by atoms with E-state index in [2.05, 4.69) is 10.3 Å². The molecular formula is C22H27N4O6+. The van der Waals surface area contributed by atoms with E-state index in [9.17, 15) is 14.4 Å². The van der Waals surface area contributed by atoms with Crippen molar-refractivity contribution in [2.45, 2.75) is 13.3 Å². The first kappa shape index (κ1) is 23.0. The number of hydrogen-bond acceptors (Lipinski definition) is 7. The Balaban J connectivity index is 1.63. The highest BCUT2D eigenvalue weighted by Crippen LogP contribution is 2.28. The summed E-state index contributed by atoms with van der Waals surface area (Å²) < 4.78 is 17.3. The van der Waals surface area contributed by atoms with Gasteiger partial charge in [0, 0.05) is 12.6 Å². The monoisotopic (exact) mass is 443 g/mol. The van der Waals surface area contributed by atoms with Crippen LogP contribution in [0.4, 0.5) is 4.79 Å². The predicted octanol–water partition coefficient (Wildman–Crippen LogP) is 0.987. The van der Waals surface area contributed by atoms with Gasteiger partial charge in [0.2, 0.25) is 0 Å². The molecule has 0 spiro atoms. The highest BCUT2D eigenvalue weighted by Gasteiger charge is 2.50. The van der Waals surface area contributed by atoms with Crippen molar-refractivity contribution in [3.8, 4) is 11.5 Å². The standard InChI is InChI=1S/C22H26N4O6/c1-5-32-16-9-11-24-20-19(16)21(28)26(22(29)25(20)2)13-18(27)23-10-8-14-6-7-15(30-3)17(12-14)31-4/h6-7,9,11-12,19H,5,8,10,13H2,1-4H3/p+1. The number of ether oxygens (including phenoxy) is 3. The molecule has 1 unspecified atom stereocenters. The third kappa shape index (κ3) is 4.63. The number of rotatable bonds is 9. The van der Waals surface area contributed by atoms with Crippen LogP contribution >= 0.6 is 0 Å². The van der Waals surface area contributed by atoms with Crippen molar-refractivity contribution in [1.29, 1.82) is 0 Å². The Morgan fingerprint density at radius 2 is 1.97 bits per heavy atom. The Kier molecular flexibility index (Phi) is 7.24. The molecule has 0 fully saturated rings. The lowest BCUT2D eigenvalue weighted by Gasteiger charge is -2.28. The van der Waals surface area contributed by atoms with E-state index in [1.807, 2.05) is 12.1 Å². The number of carbonyl (C=O) groups is 3. The molecule has 2 aliphatic heterocycles. The lowest BCUT2D eigenvalue weighted by atomic mass is 9.99. The van der Waals surface area contributed by atoms with Crippen molar-refractivity contribution < 1.29 is 33.2 Å². The van der Waals surface area contributed by atoms with Crippen LogP contribution in [0.15, 0.2) is 35.0 Å². The van der Waals surface area contributed by atoms with Crippen molar-refractivity contribution >= 4 is 29.9 Å². The topological polar surface area (TPSA) is 110 Å². The molecule has 0 saturated heterocycles. The van der Waals surface area contributed by atoms with E-state index in [1.165, 1.54) is 17.8 Å². The lowest BCUT2D eigenvalue weighted by molar-refractivity contribution is -0.408. The maximum atomic E-state index is 13.0. The number of fused-ring (bicyclic) bond motifs is 1. The third-order valence-electron chi connectivity index (χ3n) is 5.16. The van der Waals surface area contributed by atoms with E-state index in [-0.39, 0.29) is 12.4 Å². The molecule has 1 atom stereocenters. The van der Waals surface area contributed by atoms with Crippen LogP contribution in [-0.4, -0.2) is 80.3 Å². The van der Waals surface area contributed by atoms with Crippen LogP contribution < -0.4 is 14.8 Å². The average molecular weight is 443 g/mol. The average Bonchev–Trinajstić information content (AvgIpc) is 2.80. The first-order chi connectivity index (χ1) is 15.4. The fourth-order valence-corrected chi connectivity index (χ4v) is 3.55. The van der Waals surface area contributed by atoms with Gasteiger partial charge in [-0.15, -0.1) is 4.99 Å². The van der Waals surface area contributed by atoms with Crippen molar-refractivity contribution in [1.82, 2.24) is 10.2 Å². The molecule has 170 valence electrons. The SMILES string of the molecule is CCOC1=CC=NC2=[N+](C)C(=O)N(CC(=O)NCCc3ccc(OC)c(OC)c3)C(=O)C12. The number of nitrogens with zero attached hydrogens (tertiary/aromatic N) is 3. The molecule has 0 aromatic heterocycles. The zero-order valence-corrected chi connectivity index (χ0v) is 18.6. The summed E-state index contributed by atoms with van der Waals surface area (Å²) in [5.41, 5.74) is 0.943. The molecule has 4 amide bonds. The molecule has 3 rings (SSSR count).